The molecule has 0 aliphatic rings. The first kappa shape index (κ1) is 20.8. The second kappa shape index (κ2) is 9.24. The maximum atomic E-state index is 4.10. The van der Waals surface area contributed by atoms with E-state index in [9.17, 15) is 0 Å². The molecule has 0 aliphatic heterocycles. The fourth-order valence-electron chi connectivity index (χ4n) is 4.46. The predicted octanol–water partition coefficient (Wildman–Crippen LogP) is 7.91. The summed E-state index contributed by atoms with van der Waals surface area (Å²) in [7, 11) is 0. The van der Waals surface area contributed by atoms with Gasteiger partial charge in [-0.3, -0.25) is 9.97 Å². The van der Waals surface area contributed by atoms with Crippen LogP contribution in [0.5, 0.6) is 0 Å². The Hall–Kier alpha value is -4.76. The number of benzene rings is 3. The van der Waals surface area contributed by atoms with Gasteiger partial charge in [0.05, 0.1) is 11.0 Å². The van der Waals surface area contributed by atoms with Gasteiger partial charge in [0.1, 0.15) is 0 Å². The maximum Gasteiger partial charge on any atom is 0.0541 e. The highest BCUT2D eigenvalue weighted by atomic mass is 15.0. The summed E-state index contributed by atoms with van der Waals surface area (Å²) in [4.78, 5) is 8.21. The second-order valence-electron chi connectivity index (χ2n) is 8.45. The molecule has 0 amide bonds. The van der Waals surface area contributed by atoms with Crippen LogP contribution in [0.2, 0.25) is 0 Å². The van der Waals surface area contributed by atoms with Crippen molar-refractivity contribution < 1.29 is 0 Å². The van der Waals surface area contributed by atoms with Gasteiger partial charge in [0.2, 0.25) is 0 Å². The van der Waals surface area contributed by atoms with Gasteiger partial charge in [0, 0.05) is 41.2 Å². The number of hydrogen-bond acceptors (Lipinski definition) is 2. The van der Waals surface area contributed by atoms with Crippen molar-refractivity contribution in [2.24, 2.45) is 0 Å². The molecule has 3 nitrogen and oxygen atoms in total. The number of rotatable bonds is 5. The van der Waals surface area contributed by atoms with Crippen LogP contribution < -0.4 is 0 Å². The van der Waals surface area contributed by atoms with Crippen LogP contribution in [-0.2, 0) is 0 Å². The molecule has 0 saturated carbocycles. The molecule has 0 aliphatic carbocycles. The molecule has 3 heterocycles. The van der Waals surface area contributed by atoms with Crippen molar-refractivity contribution in [3.63, 3.8) is 0 Å². The Bertz CT molecular complexity index is 1560. The van der Waals surface area contributed by atoms with Gasteiger partial charge in [-0.2, -0.15) is 0 Å². The monoisotopic (exact) mass is 449 g/mol. The smallest absolute Gasteiger partial charge is 0.0541 e. The summed E-state index contributed by atoms with van der Waals surface area (Å²) >= 11 is 0. The maximum absolute atomic E-state index is 4.10. The van der Waals surface area contributed by atoms with Gasteiger partial charge >= 0.3 is 0 Å². The van der Waals surface area contributed by atoms with Crippen molar-refractivity contribution in [1.82, 2.24) is 14.5 Å². The molecule has 0 radical (unpaired) electrons. The lowest BCUT2D eigenvalue weighted by molar-refractivity contribution is 1.18. The molecule has 0 atom stereocenters. The summed E-state index contributed by atoms with van der Waals surface area (Å²) in [6.45, 7) is 0. The van der Waals surface area contributed by atoms with Gasteiger partial charge in [-0.1, -0.05) is 54.6 Å². The summed E-state index contributed by atoms with van der Waals surface area (Å²) in [5.74, 6) is 0. The number of pyridine rings is 2. The number of para-hydroxylation sites is 1. The Morgan fingerprint density at radius 2 is 0.914 bits per heavy atom. The minimum absolute atomic E-state index is 1.13. The van der Waals surface area contributed by atoms with E-state index in [-0.39, 0.29) is 0 Å². The zero-order valence-electron chi connectivity index (χ0n) is 19.1. The first-order valence-corrected chi connectivity index (χ1v) is 11.6. The number of aromatic nitrogens is 3. The average molecular weight is 450 g/mol. The van der Waals surface area contributed by atoms with Crippen LogP contribution in [0.3, 0.4) is 0 Å². The van der Waals surface area contributed by atoms with Gasteiger partial charge in [0.15, 0.2) is 0 Å². The third-order valence-corrected chi connectivity index (χ3v) is 6.18. The molecule has 0 spiro atoms. The van der Waals surface area contributed by atoms with Crippen molar-refractivity contribution in [3.8, 4) is 5.69 Å². The lowest BCUT2D eigenvalue weighted by Crippen LogP contribution is -1.93. The summed E-state index contributed by atoms with van der Waals surface area (Å²) < 4.78 is 2.34. The molecule has 3 heteroatoms. The van der Waals surface area contributed by atoms with E-state index < -0.39 is 0 Å². The molecule has 166 valence electrons. The molecular weight excluding hydrogens is 426 g/mol. The van der Waals surface area contributed by atoms with Gasteiger partial charge in [-0.15, -0.1) is 0 Å². The second-order valence-corrected chi connectivity index (χ2v) is 8.45. The Kier molecular flexibility index (Phi) is 5.50. The van der Waals surface area contributed by atoms with E-state index in [2.05, 4.69) is 106 Å². The van der Waals surface area contributed by atoms with Crippen LogP contribution in [0.1, 0.15) is 22.3 Å². The molecule has 6 aromatic rings. The van der Waals surface area contributed by atoms with E-state index >= 15 is 0 Å². The molecule has 0 fully saturated rings. The normalized spacial score (nSPS) is 11.8. The fourth-order valence-corrected chi connectivity index (χ4v) is 4.46. The molecule has 35 heavy (non-hydrogen) atoms. The minimum Gasteiger partial charge on any atom is -0.309 e. The van der Waals surface area contributed by atoms with Crippen LogP contribution in [-0.4, -0.2) is 14.5 Å². The van der Waals surface area contributed by atoms with E-state index in [4.69, 9.17) is 0 Å². The quantitative estimate of drug-likeness (QED) is 0.268. The Morgan fingerprint density at radius 1 is 0.457 bits per heavy atom. The number of fused-ring (bicyclic) bond motifs is 3. The van der Waals surface area contributed by atoms with Gasteiger partial charge in [-0.05, 0) is 82.9 Å². The summed E-state index contributed by atoms with van der Waals surface area (Å²) in [6.07, 6.45) is 15.8. The standard InChI is InChI=1S/C32H23N3/c1-2-4-28(5-3-1)35-31-12-10-26(8-6-24-14-18-33-19-15-24)22-29(31)30-23-27(11-13-32(30)35)9-7-25-16-20-34-21-17-25/h1-23H/b8-6+,9-7+. The zero-order chi connectivity index (χ0) is 23.5. The van der Waals surface area contributed by atoms with Gasteiger partial charge in [0.25, 0.3) is 0 Å². The van der Waals surface area contributed by atoms with E-state index in [0.717, 1.165) is 16.8 Å². The SMILES string of the molecule is C(=C\c1ccc2c(c1)c1cc(/C=C/c3ccncc3)ccc1n2-c1ccccc1)/c1ccncc1. The van der Waals surface area contributed by atoms with Crippen LogP contribution in [0.15, 0.2) is 116 Å². The molecule has 6 rings (SSSR count). The first-order valence-electron chi connectivity index (χ1n) is 11.6. The third kappa shape index (κ3) is 4.28. The summed E-state index contributed by atoms with van der Waals surface area (Å²) in [5, 5.41) is 2.47. The lowest BCUT2D eigenvalue weighted by Gasteiger charge is -2.07. The van der Waals surface area contributed by atoms with E-state index in [1.807, 2.05) is 49.1 Å². The topological polar surface area (TPSA) is 30.7 Å². The van der Waals surface area contributed by atoms with E-state index in [0.29, 0.717) is 0 Å². The lowest BCUT2D eigenvalue weighted by atomic mass is 10.1. The highest BCUT2D eigenvalue weighted by molar-refractivity contribution is 6.10. The van der Waals surface area contributed by atoms with Crippen molar-refractivity contribution in [2.75, 3.05) is 0 Å². The Balaban J connectivity index is 1.50. The summed E-state index contributed by atoms with van der Waals surface area (Å²) in [6, 6.07) is 32.0. The van der Waals surface area contributed by atoms with Crippen molar-refractivity contribution >= 4 is 46.1 Å². The van der Waals surface area contributed by atoms with Crippen LogP contribution in [0, 0.1) is 0 Å². The third-order valence-electron chi connectivity index (χ3n) is 6.18. The highest BCUT2D eigenvalue weighted by Gasteiger charge is 2.12. The molecule has 0 bridgehead atoms. The van der Waals surface area contributed by atoms with E-state index in [1.54, 1.807) is 0 Å². The Labute approximate surface area is 204 Å². The molecule has 0 saturated heterocycles. The Morgan fingerprint density at radius 3 is 1.40 bits per heavy atom. The zero-order valence-corrected chi connectivity index (χ0v) is 19.1. The minimum atomic E-state index is 1.13. The molecule has 3 aromatic carbocycles. The number of nitrogens with zero attached hydrogens (tertiary/aromatic N) is 3. The van der Waals surface area contributed by atoms with Crippen LogP contribution >= 0.6 is 0 Å². The van der Waals surface area contributed by atoms with Crippen LogP contribution in [0.4, 0.5) is 0 Å². The molecule has 0 N–H and O–H groups in total. The largest absolute Gasteiger partial charge is 0.309 e. The van der Waals surface area contributed by atoms with Crippen molar-refractivity contribution in [1.29, 1.82) is 0 Å². The van der Waals surface area contributed by atoms with Crippen molar-refractivity contribution in [3.05, 3.63) is 138 Å². The van der Waals surface area contributed by atoms with E-state index in [1.165, 1.54) is 32.9 Å². The molecule has 0 unspecified atom stereocenters. The van der Waals surface area contributed by atoms with Gasteiger partial charge in [-0.25, -0.2) is 0 Å². The van der Waals surface area contributed by atoms with Crippen LogP contribution in [0.25, 0.3) is 51.8 Å². The highest BCUT2D eigenvalue weighted by Crippen LogP contribution is 2.34. The predicted molar refractivity (Wildman–Crippen MR) is 147 cm³/mol. The number of hydrogen-bond donors (Lipinski definition) is 0. The first-order chi connectivity index (χ1) is 17.3. The van der Waals surface area contributed by atoms with Crippen molar-refractivity contribution in [2.45, 2.75) is 0 Å². The summed E-state index contributed by atoms with van der Waals surface area (Å²) in [5.41, 5.74) is 8.15. The van der Waals surface area contributed by atoms with Gasteiger partial charge < -0.3 is 4.57 Å². The average Bonchev–Trinajstić information content (AvgIpc) is 3.25. The fraction of sp³-hybridized carbons (Fsp3) is 0. The molecular formula is C32H23N3. The molecule has 3 aromatic heterocycles.